The second-order valence-electron chi connectivity index (χ2n) is 11.8. The minimum absolute atomic E-state index is 1.16. The van der Waals surface area contributed by atoms with Crippen molar-refractivity contribution in [3.63, 3.8) is 0 Å². The molecule has 0 fully saturated rings. The number of hydrogen-bond donors (Lipinski definition) is 0. The maximum absolute atomic E-state index is 2.45. The fourth-order valence-electron chi connectivity index (χ4n) is 7.59. The summed E-state index contributed by atoms with van der Waals surface area (Å²) in [6.45, 7) is 0. The van der Waals surface area contributed by atoms with Gasteiger partial charge >= 0.3 is 0 Å². The van der Waals surface area contributed by atoms with Gasteiger partial charge in [0.2, 0.25) is 0 Å². The lowest BCUT2D eigenvalue weighted by Gasteiger charge is -2.10. The zero-order valence-electron chi connectivity index (χ0n) is 24.4. The van der Waals surface area contributed by atoms with E-state index in [-0.39, 0.29) is 0 Å². The zero-order chi connectivity index (χ0) is 29.5. The summed E-state index contributed by atoms with van der Waals surface area (Å²) in [5.41, 5.74) is 10.7. The number of rotatable bonds is 3. The molecule has 0 aliphatic carbocycles. The molecule has 10 aromatic rings. The zero-order valence-corrected chi connectivity index (χ0v) is 24.4. The summed E-state index contributed by atoms with van der Waals surface area (Å²) in [5, 5.41) is 7.56. The Labute approximate surface area is 259 Å². The van der Waals surface area contributed by atoms with Crippen LogP contribution in [0.15, 0.2) is 164 Å². The van der Waals surface area contributed by atoms with Crippen molar-refractivity contribution < 1.29 is 0 Å². The van der Waals surface area contributed by atoms with Crippen LogP contribution in [0.4, 0.5) is 0 Å². The molecule has 3 heteroatoms. The van der Waals surface area contributed by atoms with Gasteiger partial charge in [-0.15, -0.1) is 0 Å². The van der Waals surface area contributed by atoms with Crippen molar-refractivity contribution in [3.8, 4) is 17.1 Å². The lowest BCUT2D eigenvalue weighted by atomic mass is 10.1. The molecule has 0 radical (unpaired) electrons. The van der Waals surface area contributed by atoms with Gasteiger partial charge in [-0.2, -0.15) is 0 Å². The summed E-state index contributed by atoms with van der Waals surface area (Å²) in [7, 11) is 0. The fourth-order valence-corrected chi connectivity index (χ4v) is 7.59. The number of benzene rings is 7. The Kier molecular flexibility index (Phi) is 5.00. The maximum atomic E-state index is 2.45. The third-order valence-corrected chi connectivity index (χ3v) is 9.41. The first kappa shape index (κ1) is 24.4. The van der Waals surface area contributed by atoms with E-state index in [1.807, 2.05) is 0 Å². The smallest absolute Gasteiger partial charge is 0.0641 e. The van der Waals surface area contributed by atoms with Gasteiger partial charge in [0.1, 0.15) is 0 Å². The van der Waals surface area contributed by atoms with Gasteiger partial charge in [-0.05, 0) is 66.7 Å². The average Bonchev–Trinajstić information content (AvgIpc) is 3.74. The predicted octanol–water partition coefficient (Wildman–Crippen LogP) is 11.0. The van der Waals surface area contributed by atoms with Gasteiger partial charge in [-0.3, -0.25) is 0 Å². The minimum Gasteiger partial charge on any atom is -0.309 e. The molecule has 3 nitrogen and oxygen atoms in total. The van der Waals surface area contributed by atoms with Gasteiger partial charge in [0.25, 0.3) is 0 Å². The topological polar surface area (TPSA) is 14.8 Å². The van der Waals surface area contributed by atoms with Crippen molar-refractivity contribution in [1.82, 2.24) is 13.7 Å². The van der Waals surface area contributed by atoms with Crippen LogP contribution in [0.25, 0.3) is 82.5 Å². The van der Waals surface area contributed by atoms with E-state index >= 15 is 0 Å². The van der Waals surface area contributed by atoms with Gasteiger partial charge in [0.05, 0.1) is 33.1 Å². The normalized spacial score (nSPS) is 12.0. The standard InChI is InChI=1S/C42H27N3/c1-3-13-28(14-4-1)43-39-25-23-30(44-36-20-10-7-17-31(36)32-18-8-11-21-37(32)44)27-35(39)41-40(43)26-24-34-33-19-9-12-22-38(33)45(42(34)41)29-15-5-2-6-16-29/h1-27H. The number of fused-ring (bicyclic) bond motifs is 10. The Bertz CT molecular complexity index is 2690. The molecule has 0 N–H and O–H groups in total. The van der Waals surface area contributed by atoms with Crippen LogP contribution in [0.1, 0.15) is 0 Å². The number of para-hydroxylation sites is 5. The summed E-state index contributed by atoms with van der Waals surface area (Å²) in [6, 6.07) is 59.4. The highest BCUT2D eigenvalue weighted by atomic mass is 15.0. The first-order chi connectivity index (χ1) is 22.4. The monoisotopic (exact) mass is 573 g/mol. The van der Waals surface area contributed by atoms with Crippen molar-refractivity contribution in [2.45, 2.75) is 0 Å². The highest BCUT2D eigenvalue weighted by Crippen LogP contribution is 2.43. The third kappa shape index (κ3) is 3.35. The first-order valence-corrected chi connectivity index (χ1v) is 15.5. The van der Waals surface area contributed by atoms with E-state index in [9.17, 15) is 0 Å². The van der Waals surface area contributed by atoms with Gasteiger partial charge in [-0.25, -0.2) is 0 Å². The van der Waals surface area contributed by atoms with Crippen LogP contribution in [0.2, 0.25) is 0 Å². The molecule has 0 aliphatic rings. The van der Waals surface area contributed by atoms with Gasteiger partial charge < -0.3 is 13.7 Å². The van der Waals surface area contributed by atoms with E-state index in [1.54, 1.807) is 0 Å². The Balaban J connectivity index is 1.42. The predicted molar refractivity (Wildman–Crippen MR) is 189 cm³/mol. The average molecular weight is 574 g/mol. The van der Waals surface area contributed by atoms with Gasteiger partial charge in [0.15, 0.2) is 0 Å². The fraction of sp³-hybridized carbons (Fsp3) is 0. The first-order valence-electron chi connectivity index (χ1n) is 15.5. The highest BCUT2D eigenvalue weighted by molar-refractivity contribution is 6.26. The molecule has 0 atom stereocenters. The van der Waals surface area contributed by atoms with Gasteiger partial charge in [-0.1, -0.05) is 97.1 Å². The molecule has 210 valence electrons. The Morgan fingerprint density at radius 2 is 0.711 bits per heavy atom. The number of nitrogens with zero attached hydrogens (tertiary/aromatic N) is 3. The molecule has 10 rings (SSSR count). The summed E-state index contributed by atoms with van der Waals surface area (Å²) >= 11 is 0. The Morgan fingerprint density at radius 1 is 0.267 bits per heavy atom. The highest BCUT2D eigenvalue weighted by Gasteiger charge is 2.22. The van der Waals surface area contributed by atoms with E-state index < -0.39 is 0 Å². The summed E-state index contributed by atoms with van der Waals surface area (Å²) in [4.78, 5) is 0. The number of hydrogen-bond acceptors (Lipinski definition) is 0. The molecule has 0 saturated carbocycles. The number of aromatic nitrogens is 3. The van der Waals surface area contributed by atoms with Crippen molar-refractivity contribution >= 4 is 65.4 Å². The van der Waals surface area contributed by atoms with Crippen LogP contribution >= 0.6 is 0 Å². The van der Waals surface area contributed by atoms with Crippen LogP contribution in [-0.2, 0) is 0 Å². The van der Waals surface area contributed by atoms with E-state index in [1.165, 1.54) is 65.4 Å². The largest absolute Gasteiger partial charge is 0.309 e. The van der Waals surface area contributed by atoms with Crippen molar-refractivity contribution in [2.75, 3.05) is 0 Å². The Morgan fingerprint density at radius 3 is 1.33 bits per heavy atom. The third-order valence-electron chi connectivity index (χ3n) is 9.41. The second-order valence-corrected chi connectivity index (χ2v) is 11.8. The van der Waals surface area contributed by atoms with Crippen molar-refractivity contribution in [1.29, 1.82) is 0 Å². The molecule has 0 bridgehead atoms. The minimum atomic E-state index is 1.16. The molecule has 0 aliphatic heterocycles. The summed E-state index contributed by atoms with van der Waals surface area (Å²) in [6.07, 6.45) is 0. The second kappa shape index (κ2) is 9.22. The SMILES string of the molecule is c1ccc(-n2c3ccc(-n4c5ccccc5c5ccccc54)cc3c3c2ccc2c4ccccc4n(-c4ccccc4)c23)cc1. The van der Waals surface area contributed by atoms with E-state index in [0.717, 1.165) is 17.1 Å². The molecule has 0 amide bonds. The lowest BCUT2D eigenvalue weighted by molar-refractivity contribution is 1.16. The van der Waals surface area contributed by atoms with Crippen LogP contribution in [0.3, 0.4) is 0 Å². The molecule has 0 spiro atoms. The molecule has 0 unspecified atom stereocenters. The van der Waals surface area contributed by atoms with Crippen LogP contribution in [0, 0.1) is 0 Å². The molecule has 3 heterocycles. The molecule has 0 saturated heterocycles. The van der Waals surface area contributed by atoms with Crippen LogP contribution in [-0.4, -0.2) is 13.7 Å². The molecule has 45 heavy (non-hydrogen) atoms. The van der Waals surface area contributed by atoms with E-state index in [4.69, 9.17) is 0 Å². The molecular weight excluding hydrogens is 546 g/mol. The lowest BCUT2D eigenvalue weighted by Crippen LogP contribution is -1.95. The molecular formula is C42H27N3. The van der Waals surface area contributed by atoms with E-state index in [2.05, 4.69) is 177 Å². The van der Waals surface area contributed by atoms with Crippen molar-refractivity contribution in [3.05, 3.63) is 164 Å². The summed E-state index contributed by atoms with van der Waals surface area (Å²) in [5.74, 6) is 0. The van der Waals surface area contributed by atoms with E-state index in [0.29, 0.717) is 0 Å². The van der Waals surface area contributed by atoms with Crippen molar-refractivity contribution in [2.24, 2.45) is 0 Å². The molecule has 3 aromatic heterocycles. The Hall–Kier alpha value is -6.06. The van der Waals surface area contributed by atoms with Crippen LogP contribution < -0.4 is 0 Å². The van der Waals surface area contributed by atoms with Crippen LogP contribution in [0.5, 0.6) is 0 Å². The summed E-state index contributed by atoms with van der Waals surface area (Å²) < 4.78 is 7.30. The van der Waals surface area contributed by atoms with Gasteiger partial charge in [0, 0.05) is 49.4 Å². The molecule has 7 aromatic carbocycles. The maximum Gasteiger partial charge on any atom is 0.0641 e. The quantitative estimate of drug-likeness (QED) is 0.200.